The zero-order valence-electron chi connectivity index (χ0n) is 22.6. The summed E-state index contributed by atoms with van der Waals surface area (Å²) < 4.78 is 88.7. The number of hydrogen-bond acceptors (Lipinski definition) is 5. The molecule has 4 fully saturated rings. The van der Waals surface area contributed by atoms with Crippen molar-refractivity contribution in [1.82, 2.24) is 10.1 Å². The summed E-state index contributed by atoms with van der Waals surface area (Å²) in [4.78, 5) is 19.3. The predicted molar refractivity (Wildman–Crippen MR) is 140 cm³/mol. The maximum atomic E-state index is 14.3. The Kier molecular flexibility index (Phi) is 7.00. The van der Waals surface area contributed by atoms with E-state index in [0.717, 1.165) is 11.1 Å². The lowest BCUT2D eigenvalue weighted by molar-refractivity contribution is -0.211. The van der Waals surface area contributed by atoms with E-state index < -0.39 is 29.3 Å². The van der Waals surface area contributed by atoms with Crippen molar-refractivity contribution < 1.29 is 40.4 Å². The molecule has 0 atom stereocenters. The zero-order chi connectivity index (χ0) is 29.8. The van der Waals surface area contributed by atoms with Gasteiger partial charge in [0.05, 0.1) is 5.41 Å². The van der Waals surface area contributed by atoms with E-state index in [1.807, 2.05) is 18.2 Å². The van der Waals surface area contributed by atoms with Gasteiger partial charge in [0, 0.05) is 18.7 Å². The molecule has 4 aliphatic rings. The van der Waals surface area contributed by atoms with Crippen LogP contribution >= 0.6 is 0 Å². The number of ether oxygens (including phenoxy) is 1. The second kappa shape index (κ2) is 10.3. The molecule has 7 rings (SSSR count). The van der Waals surface area contributed by atoms with Crippen molar-refractivity contribution in [1.29, 1.82) is 0 Å². The first-order valence-corrected chi connectivity index (χ1v) is 14.0. The number of hydrogen-bond donors (Lipinski definition) is 0. The van der Waals surface area contributed by atoms with Crippen LogP contribution in [0.3, 0.4) is 0 Å². The topological polar surface area (TPSA) is 68.5 Å². The van der Waals surface area contributed by atoms with Crippen LogP contribution < -0.4 is 9.64 Å². The third kappa shape index (κ3) is 5.24. The molecule has 0 N–H and O–H groups in total. The number of carbonyl (C=O) groups is 1. The van der Waals surface area contributed by atoms with E-state index in [1.165, 1.54) is 12.1 Å². The molecule has 1 aromatic heterocycles. The molecule has 6 nitrogen and oxygen atoms in total. The van der Waals surface area contributed by atoms with Gasteiger partial charge in [-0.3, -0.25) is 4.79 Å². The zero-order valence-corrected chi connectivity index (χ0v) is 22.6. The maximum absolute atomic E-state index is 14.3. The quantitative estimate of drug-likeness (QED) is 0.160. The van der Waals surface area contributed by atoms with Gasteiger partial charge in [-0.25, -0.2) is 4.39 Å². The number of amides is 1. The van der Waals surface area contributed by atoms with Crippen LogP contribution in [0.1, 0.15) is 63.1 Å². The molecule has 2 aromatic carbocycles. The summed E-state index contributed by atoms with van der Waals surface area (Å²) in [6, 6.07) is 13.5. The molecule has 224 valence electrons. The summed E-state index contributed by atoms with van der Waals surface area (Å²) in [6.45, 7) is -2.55. The van der Waals surface area contributed by atoms with Crippen molar-refractivity contribution in [2.24, 2.45) is 5.41 Å². The Bertz CT molecular complexity index is 1430. The third-order valence-electron chi connectivity index (χ3n) is 8.69. The molecular weight excluding hydrogens is 564 g/mol. The van der Waals surface area contributed by atoms with Gasteiger partial charge in [-0.1, -0.05) is 35.8 Å². The van der Waals surface area contributed by atoms with E-state index in [2.05, 4.69) is 14.9 Å². The van der Waals surface area contributed by atoms with Crippen LogP contribution in [0.25, 0.3) is 11.1 Å². The smallest absolute Gasteiger partial charge is 0.403 e. The van der Waals surface area contributed by atoms with Gasteiger partial charge in [0.2, 0.25) is 11.8 Å². The molecule has 1 heterocycles. The number of nitrogens with zero attached hydrogens (tertiary/aromatic N) is 3. The van der Waals surface area contributed by atoms with Crippen LogP contribution in [0, 0.1) is 5.41 Å². The fraction of sp³-hybridized carbons (Fsp3) is 0.500. The highest BCUT2D eigenvalue weighted by Crippen LogP contribution is 2.70. The Morgan fingerprint density at radius 2 is 1.71 bits per heavy atom. The number of alkyl halides is 6. The molecule has 42 heavy (non-hydrogen) atoms. The van der Waals surface area contributed by atoms with E-state index in [1.54, 1.807) is 23.1 Å². The van der Waals surface area contributed by atoms with Crippen LogP contribution in [-0.2, 0) is 16.6 Å². The summed E-state index contributed by atoms with van der Waals surface area (Å²) in [5.74, 6) is -0.227. The number of benzene rings is 2. The summed E-state index contributed by atoms with van der Waals surface area (Å²) in [7, 11) is 0. The monoisotopic (exact) mass is 593 g/mol. The van der Waals surface area contributed by atoms with E-state index >= 15 is 0 Å². The van der Waals surface area contributed by atoms with Crippen LogP contribution in [0.2, 0.25) is 0 Å². The number of carbonyl (C=O) groups excluding carboxylic acids is 1. The van der Waals surface area contributed by atoms with Crippen molar-refractivity contribution in [2.75, 3.05) is 11.4 Å². The molecule has 0 aliphatic heterocycles. The van der Waals surface area contributed by atoms with Gasteiger partial charge in [-0.2, -0.15) is 26.9 Å². The highest BCUT2D eigenvalue weighted by Gasteiger charge is 2.73. The van der Waals surface area contributed by atoms with Crippen molar-refractivity contribution in [3.8, 4) is 16.9 Å². The standard InChI is InChI=1S/C30H29F6N3O3/c31-26(32)41-22-10-8-19(9-11-22)20-5-4-6-21(15-20)39(25(40)27-16-28(33,17-27)18-27)14-3-1-2-7-23-37-24(42-38-23)29(12-13-29)30(34,35)36/h4-6,8-11,15,26H,1-3,7,12-14,16-18H2. The number of aromatic nitrogens is 2. The van der Waals surface area contributed by atoms with Crippen LogP contribution in [-0.4, -0.2) is 41.0 Å². The van der Waals surface area contributed by atoms with Crippen molar-refractivity contribution in [2.45, 2.75) is 81.7 Å². The van der Waals surface area contributed by atoms with E-state index in [4.69, 9.17) is 4.52 Å². The minimum absolute atomic E-state index is 0.0370. The lowest BCUT2D eigenvalue weighted by Gasteiger charge is -2.65. The fourth-order valence-corrected chi connectivity index (χ4v) is 6.23. The molecule has 0 radical (unpaired) electrons. The Labute approximate surface area is 238 Å². The highest BCUT2D eigenvalue weighted by atomic mass is 19.4. The molecule has 0 spiro atoms. The molecule has 2 bridgehead atoms. The molecular formula is C30H29F6N3O3. The second-order valence-electron chi connectivity index (χ2n) is 11.8. The SMILES string of the molecule is O=C(N(CCCCCc1noc(C2(C(F)(F)F)CC2)n1)c1cccc(-c2ccc(OC(F)F)cc2)c1)C12CC(F)(C1)C2. The van der Waals surface area contributed by atoms with E-state index in [9.17, 15) is 31.1 Å². The first kappa shape index (κ1) is 28.5. The van der Waals surface area contributed by atoms with Crippen molar-refractivity contribution in [3.05, 3.63) is 60.2 Å². The van der Waals surface area contributed by atoms with Crippen molar-refractivity contribution in [3.63, 3.8) is 0 Å². The number of halogens is 6. The van der Waals surface area contributed by atoms with Gasteiger partial charge >= 0.3 is 12.8 Å². The largest absolute Gasteiger partial charge is 0.435 e. The van der Waals surface area contributed by atoms with E-state index in [0.29, 0.717) is 37.9 Å². The highest BCUT2D eigenvalue weighted by molar-refractivity contribution is 6.00. The van der Waals surface area contributed by atoms with Crippen LogP contribution in [0.15, 0.2) is 53.1 Å². The third-order valence-corrected chi connectivity index (χ3v) is 8.69. The molecule has 1 amide bonds. The van der Waals surface area contributed by atoms with Crippen molar-refractivity contribution >= 4 is 11.6 Å². The Morgan fingerprint density at radius 3 is 2.33 bits per heavy atom. The Balaban J connectivity index is 1.10. The Morgan fingerprint density at radius 1 is 1.00 bits per heavy atom. The molecule has 12 heteroatoms. The summed E-state index contributed by atoms with van der Waals surface area (Å²) in [5.41, 5.74) is -1.76. The molecule has 4 saturated carbocycles. The summed E-state index contributed by atoms with van der Waals surface area (Å²) in [5, 5.41) is 3.73. The average Bonchev–Trinajstić information content (AvgIpc) is 3.61. The maximum Gasteiger partial charge on any atom is 0.403 e. The summed E-state index contributed by atoms with van der Waals surface area (Å²) in [6.07, 6.45) is -1.66. The first-order chi connectivity index (χ1) is 19.9. The minimum Gasteiger partial charge on any atom is -0.435 e. The normalized spacial score (nSPS) is 23.7. The van der Waals surface area contributed by atoms with Gasteiger partial charge in [-0.05, 0) is 80.3 Å². The van der Waals surface area contributed by atoms with Gasteiger partial charge < -0.3 is 14.2 Å². The van der Waals surface area contributed by atoms with Gasteiger partial charge in [0.1, 0.15) is 16.8 Å². The Hall–Kier alpha value is -3.57. The van der Waals surface area contributed by atoms with Gasteiger partial charge in [0.25, 0.3) is 0 Å². The minimum atomic E-state index is -4.42. The fourth-order valence-electron chi connectivity index (χ4n) is 6.23. The number of rotatable bonds is 12. The average molecular weight is 594 g/mol. The molecule has 0 saturated heterocycles. The second-order valence-corrected chi connectivity index (χ2v) is 11.8. The lowest BCUT2D eigenvalue weighted by Crippen LogP contribution is -2.70. The number of anilines is 1. The van der Waals surface area contributed by atoms with Gasteiger partial charge in [-0.15, -0.1) is 0 Å². The predicted octanol–water partition coefficient (Wildman–Crippen LogP) is 7.57. The summed E-state index contributed by atoms with van der Waals surface area (Å²) >= 11 is 0. The first-order valence-electron chi connectivity index (χ1n) is 14.0. The van der Waals surface area contributed by atoms with Crippen LogP contribution in [0.5, 0.6) is 5.75 Å². The number of unbranched alkanes of at least 4 members (excludes halogenated alkanes) is 2. The molecule has 4 aliphatic carbocycles. The number of aryl methyl sites for hydroxylation is 1. The van der Waals surface area contributed by atoms with Crippen LogP contribution in [0.4, 0.5) is 32.0 Å². The molecule has 0 unspecified atom stereocenters. The lowest BCUT2D eigenvalue weighted by atomic mass is 9.42. The van der Waals surface area contributed by atoms with Gasteiger partial charge in [0.15, 0.2) is 5.82 Å². The molecule has 3 aromatic rings. The van der Waals surface area contributed by atoms with E-state index in [-0.39, 0.29) is 55.5 Å².